The Labute approximate surface area is 119 Å². The second kappa shape index (κ2) is 6.47. The van der Waals surface area contributed by atoms with Crippen LogP contribution in [0, 0.1) is 5.82 Å². The number of amides is 1. The minimum atomic E-state index is -1.12. The molecule has 1 amide bonds. The van der Waals surface area contributed by atoms with Gasteiger partial charge in [0.1, 0.15) is 12.4 Å². The van der Waals surface area contributed by atoms with E-state index in [1.165, 1.54) is 29.1 Å². The molecule has 0 unspecified atom stereocenters. The number of rotatable bonds is 5. The van der Waals surface area contributed by atoms with Crippen molar-refractivity contribution in [2.75, 3.05) is 5.32 Å². The first kappa shape index (κ1) is 14.4. The molecule has 0 saturated heterocycles. The summed E-state index contributed by atoms with van der Waals surface area (Å²) < 4.78 is 15.2. The average Bonchev–Trinajstić information content (AvgIpc) is 2.92. The summed E-state index contributed by atoms with van der Waals surface area (Å²) in [6.45, 7) is -0.0207. The van der Waals surface area contributed by atoms with Gasteiger partial charge in [0.25, 0.3) is 0 Å². The van der Waals surface area contributed by atoms with Gasteiger partial charge in [-0.1, -0.05) is 6.07 Å². The van der Waals surface area contributed by atoms with Crippen LogP contribution in [0.25, 0.3) is 6.08 Å². The third kappa shape index (κ3) is 4.27. The normalized spacial score (nSPS) is 10.7. The molecule has 0 bridgehead atoms. The van der Waals surface area contributed by atoms with E-state index in [0.29, 0.717) is 5.56 Å². The molecular formula is C14H12FN3O3. The molecule has 6 nitrogen and oxygen atoms in total. The highest BCUT2D eigenvalue weighted by molar-refractivity contribution is 5.91. The van der Waals surface area contributed by atoms with Crippen molar-refractivity contribution >= 4 is 23.6 Å². The van der Waals surface area contributed by atoms with Crippen LogP contribution in [0.4, 0.5) is 10.1 Å². The predicted molar refractivity (Wildman–Crippen MR) is 73.9 cm³/mol. The van der Waals surface area contributed by atoms with Crippen molar-refractivity contribution in [3.05, 3.63) is 54.1 Å². The van der Waals surface area contributed by atoms with Gasteiger partial charge in [-0.25, -0.2) is 9.18 Å². The summed E-state index contributed by atoms with van der Waals surface area (Å²) in [6.07, 6.45) is 5.33. The Morgan fingerprint density at radius 1 is 1.43 bits per heavy atom. The number of hydrogen-bond donors (Lipinski definition) is 2. The molecule has 0 aliphatic rings. The topological polar surface area (TPSA) is 84.2 Å². The predicted octanol–water partition coefficient (Wildman–Crippen LogP) is 1.76. The van der Waals surface area contributed by atoms with E-state index in [1.54, 1.807) is 12.3 Å². The van der Waals surface area contributed by atoms with Crippen LogP contribution in [-0.4, -0.2) is 26.8 Å². The van der Waals surface area contributed by atoms with E-state index in [1.807, 2.05) is 0 Å². The molecule has 21 heavy (non-hydrogen) atoms. The number of carbonyl (C=O) groups excluding carboxylic acids is 1. The van der Waals surface area contributed by atoms with Gasteiger partial charge in [0, 0.05) is 18.5 Å². The summed E-state index contributed by atoms with van der Waals surface area (Å²) in [5.74, 6) is -2.17. The number of halogens is 1. The van der Waals surface area contributed by atoms with Crippen LogP contribution in [-0.2, 0) is 16.1 Å². The van der Waals surface area contributed by atoms with E-state index in [0.717, 1.165) is 12.1 Å². The van der Waals surface area contributed by atoms with E-state index < -0.39 is 17.7 Å². The lowest BCUT2D eigenvalue weighted by molar-refractivity contribution is -0.131. The number of nitrogens with zero attached hydrogens (tertiary/aromatic N) is 2. The molecule has 1 aromatic carbocycles. The Kier molecular flexibility index (Phi) is 4.45. The highest BCUT2D eigenvalue weighted by atomic mass is 19.1. The van der Waals surface area contributed by atoms with Gasteiger partial charge < -0.3 is 10.4 Å². The minimum Gasteiger partial charge on any atom is -0.478 e. The lowest BCUT2D eigenvalue weighted by Crippen LogP contribution is -2.19. The first-order valence-corrected chi connectivity index (χ1v) is 6.02. The first-order chi connectivity index (χ1) is 10.0. The largest absolute Gasteiger partial charge is 0.478 e. The number of aromatic nitrogens is 2. The number of carboxylic acid groups (broad SMARTS) is 1. The highest BCUT2D eigenvalue weighted by Gasteiger charge is 2.08. The lowest BCUT2D eigenvalue weighted by Gasteiger charge is -2.07. The van der Waals surface area contributed by atoms with Crippen LogP contribution in [0.2, 0.25) is 0 Å². The van der Waals surface area contributed by atoms with Gasteiger partial charge in [0.2, 0.25) is 5.91 Å². The number of anilines is 1. The minimum absolute atomic E-state index is 0.0207. The zero-order valence-corrected chi connectivity index (χ0v) is 10.9. The molecule has 2 rings (SSSR count). The SMILES string of the molecule is O=C(O)C=Cc1ccc(NC(=O)Cn2cccn2)c(F)c1. The second-order valence-corrected chi connectivity index (χ2v) is 4.16. The maximum Gasteiger partial charge on any atom is 0.328 e. The maximum atomic E-state index is 13.8. The number of benzene rings is 1. The van der Waals surface area contributed by atoms with Crippen molar-refractivity contribution in [1.29, 1.82) is 0 Å². The molecule has 0 radical (unpaired) electrons. The van der Waals surface area contributed by atoms with Crippen molar-refractivity contribution < 1.29 is 19.1 Å². The monoisotopic (exact) mass is 289 g/mol. The molecule has 0 aliphatic carbocycles. The average molecular weight is 289 g/mol. The number of aliphatic carboxylic acids is 1. The van der Waals surface area contributed by atoms with Crippen molar-refractivity contribution in [3.63, 3.8) is 0 Å². The molecule has 0 spiro atoms. The molecule has 2 aromatic rings. The molecular weight excluding hydrogens is 277 g/mol. The van der Waals surface area contributed by atoms with Gasteiger partial charge in [-0.05, 0) is 29.8 Å². The summed E-state index contributed by atoms with van der Waals surface area (Å²) in [5.41, 5.74) is 0.416. The molecule has 0 aliphatic heterocycles. The fourth-order valence-electron chi connectivity index (χ4n) is 1.63. The molecule has 0 saturated carbocycles. The van der Waals surface area contributed by atoms with Gasteiger partial charge in [0.05, 0.1) is 5.69 Å². The molecule has 0 atom stereocenters. The van der Waals surface area contributed by atoms with E-state index >= 15 is 0 Å². The Hall–Kier alpha value is -2.96. The number of carbonyl (C=O) groups is 2. The van der Waals surface area contributed by atoms with Crippen molar-refractivity contribution in [3.8, 4) is 0 Å². The summed E-state index contributed by atoms with van der Waals surface area (Å²) in [5, 5.41) is 14.8. The highest BCUT2D eigenvalue weighted by Crippen LogP contribution is 2.16. The van der Waals surface area contributed by atoms with E-state index in [2.05, 4.69) is 10.4 Å². The molecule has 1 heterocycles. The summed E-state index contributed by atoms with van der Waals surface area (Å²) in [6, 6.07) is 5.70. The number of hydrogen-bond acceptors (Lipinski definition) is 3. The second-order valence-electron chi connectivity index (χ2n) is 4.16. The summed E-state index contributed by atoms with van der Waals surface area (Å²) in [4.78, 5) is 22.1. The van der Waals surface area contributed by atoms with Crippen molar-refractivity contribution in [2.24, 2.45) is 0 Å². The van der Waals surface area contributed by atoms with Gasteiger partial charge in [-0.3, -0.25) is 9.48 Å². The lowest BCUT2D eigenvalue weighted by atomic mass is 10.2. The zero-order chi connectivity index (χ0) is 15.2. The van der Waals surface area contributed by atoms with Crippen molar-refractivity contribution in [2.45, 2.75) is 6.54 Å². The maximum absolute atomic E-state index is 13.8. The molecule has 108 valence electrons. The summed E-state index contributed by atoms with van der Waals surface area (Å²) >= 11 is 0. The quantitative estimate of drug-likeness (QED) is 0.821. The van der Waals surface area contributed by atoms with Gasteiger partial charge in [-0.2, -0.15) is 5.10 Å². The first-order valence-electron chi connectivity index (χ1n) is 6.02. The zero-order valence-electron chi connectivity index (χ0n) is 10.9. The van der Waals surface area contributed by atoms with Crippen LogP contribution in [0.15, 0.2) is 42.7 Å². The smallest absolute Gasteiger partial charge is 0.328 e. The van der Waals surface area contributed by atoms with Crippen LogP contribution in [0.3, 0.4) is 0 Å². The Balaban J connectivity index is 2.03. The molecule has 1 aromatic heterocycles. The number of carboxylic acids is 1. The standard InChI is InChI=1S/C14H12FN3O3/c15-11-8-10(3-5-14(20)21)2-4-12(11)17-13(19)9-18-7-1-6-16-18/h1-8H,9H2,(H,17,19)(H,20,21). The van der Waals surface area contributed by atoms with Crippen molar-refractivity contribution in [1.82, 2.24) is 9.78 Å². The fourth-order valence-corrected chi connectivity index (χ4v) is 1.63. The van der Waals surface area contributed by atoms with Crippen LogP contribution in [0.1, 0.15) is 5.56 Å². The van der Waals surface area contributed by atoms with E-state index in [-0.39, 0.29) is 12.2 Å². The van der Waals surface area contributed by atoms with Crippen LogP contribution >= 0.6 is 0 Å². The summed E-state index contributed by atoms with van der Waals surface area (Å²) in [7, 11) is 0. The molecule has 7 heteroatoms. The number of nitrogens with one attached hydrogen (secondary N) is 1. The Morgan fingerprint density at radius 3 is 2.86 bits per heavy atom. The van der Waals surface area contributed by atoms with Gasteiger partial charge in [-0.15, -0.1) is 0 Å². The molecule has 2 N–H and O–H groups in total. The third-order valence-corrected chi connectivity index (χ3v) is 2.55. The Bertz CT molecular complexity index is 681. The third-order valence-electron chi connectivity index (χ3n) is 2.55. The van der Waals surface area contributed by atoms with Crippen LogP contribution < -0.4 is 5.32 Å². The van der Waals surface area contributed by atoms with E-state index in [9.17, 15) is 14.0 Å². The Morgan fingerprint density at radius 2 is 2.24 bits per heavy atom. The van der Waals surface area contributed by atoms with Crippen LogP contribution in [0.5, 0.6) is 0 Å². The van der Waals surface area contributed by atoms with Gasteiger partial charge in [0.15, 0.2) is 0 Å². The fraction of sp³-hybridized carbons (Fsp3) is 0.0714. The van der Waals surface area contributed by atoms with E-state index in [4.69, 9.17) is 5.11 Å². The van der Waals surface area contributed by atoms with Gasteiger partial charge >= 0.3 is 5.97 Å². The molecule has 0 fully saturated rings.